The molecule has 4 atom stereocenters. The highest BCUT2D eigenvalue weighted by Gasteiger charge is 2.43. The Hall–Kier alpha value is -2.22. The molecule has 0 aromatic carbocycles. The Morgan fingerprint density at radius 1 is 1.14 bits per heavy atom. The van der Waals surface area contributed by atoms with Crippen molar-refractivity contribution in [1.82, 2.24) is 20.2 Å². The lowest BCUT2D eigenvalue weighted by Crippen LogP contribution is -2.48. The molecule has 1 aromatic heterocycles. The van der Waals surface area contributed by atoms with Crippen LogP contribution in [0.2, 0.25) is 0 Å². The number of hydrogen-bond donors (Lipinski definition) is 2. The number of likely N-dealkylation sites (tertiary alicyclic amines) is 1. The molecule has 1 aromatic rings. The molecule has 3 aliphatic rings. The number of nitrogens with one attached hydrogen (secondary N) is 1. The van der Waals surface area contributed by atoms with Crippen LogP contribution in [0.25, 0.3) is 0 Å². The zero-order valence-corrected chi connectivity index (χ0v) is 17.3. The lowest BCUT2D eigenvalue weighted by molar-refractivity contribution is -0.121. The van der Waals surface area contributed by atoms with Crippen LogP contribution in [0.3, 0.4) is 0 Å². The van der Waals surface area contributed by atoms with E-state index in [4.69, 9.17) is 0 Å². The van der Waals surface area contributed by atoms with Gasteiger partial charge in [0.2, 0.25) is 11.9 Å². The van der Waals surface area contributed by atoms with Crippen LogP contribution in [0.15, 0.2) is 6.20 Å². The number of hydrogen-bond acceptors (Lipinski definition) is 6. The van der Waals surface area contributed by atoms with Gasteiger partial charge in [-0.3, -0.25) is 9.59 Å². The SMILES string of the molecule is CC(=O)N[C@@H]1C[C@@H]2CN(C(=O)c3cnc(N4CCCCC4)nc3C)C[C@@H]2C[C@H]1O. The Bertz CT molecular complexity index is 780. The summed E-state index contributed by atoms with van der Waals surface area (Å²) in [6.45, 7) is 6.59. The normalized spacial score (nSPS) is 29.5. The van der Waals surface area contributed by atoms with Gasteiger partial charge < -0.3 is 20.2 Å². The first kappa shape index (κ1) is 20.1. The molecule has 4 rings (SSSR count). The van der Waals surface area contributed by atoms with Crippen molar-refractivity contribution in [3.63, 3.8) is 0 Å². The number of fused-ring (bicyclic) bond motifs is 1. The van der Waals surface area contributed by atoms with Crippen LogP contribution < -0.4 is 10.2 Å². The van der Waals surface area contributed by atoms with E-state index < -0.39 is 6.10 Å². The fourth-order valence-electron chi connectivity index (χ4n) is 5.09. The van der Waals surface area contributed by atoms with E-state index in [1.165, 1.54) is 13.3 Å². The fraction of sp³-hybridized carbons (Fsp3) is 0.714. The van der Waals surface area contributed by atoms with Gasteiger partial charge in [-0.2, -0.15) is 0 Å². The van der Waals surface area contributed by atoms with Gasteiger partial charge in [0.05, 0.1) is 23.4 Å². The average molecular weight is 402 g/mol. The van der Waals surface area contributed by atoms with Crippen LogP contribution in [0.1, 0.15) is 55.1 Å². The van der Waals surface area contributed by atoms with E-state index in [0.717, 1.165) is 37.6 Å². The lowest BCUT2D eigenvalue weighted by atomic mass is 9.77. The molecular formula is C21H31N5O3. The Morgan fingerprint density at radius 2 is 1.83 bits per heavy atom. The van der Waals surface area contributed by atoms with Gasteiger partial charge in [-0.25, -0.2) is 9.97 Å². The zero-order valence-electron chi connectivity index (χ0n) is 17.3. The summed E-state index contributed by atoms with van der Waals surface area (Å²) in [5, 5.41) is 13.2. The standard InChI is InChI=1S/C21H31N5O3/c1-13-17(10-22-21(23-13)25-6-4-3-5-7-25)20(29)26-11-15-8-18(24-14(2)27)19(28)9-16(15)12-26/h10,15-16,18-19,28H,3-9,11-12H2,1-2H3,(H,24,27)/t15-,16+,18-,19-/m1/s1. The van der Waals surface area contributed by atoms with Crippen molar-refractivity contribution in [2.75, 3.05) is 31.1 Å². The van der Waals surface area contributed by atoms with Crippen LogP contribution in [0.4, 0.5) is 5.95 Å². The third-order valence-electron chi connectivity index (χ3n) is 6.65. The van der Waals surface area contributed by atoms with E-state index >= 15 is 0 Å². The van der Waals surface area contributed by atoms with E-state index in [2.05, 4.69) is 20.2 Å². The minimum atomic E-state index is -0.552. The molecule has 2 N–H and O–H groups in total. The minimum Gasteiger partial charge on any atom is -0.391 e. The number of carbonyl (C=O) groups excluding carboxylic acids is 2. The van der Waals surface area contributed by atoms with Crippen molar-refractivity contribution in [3.8, 4) is 0 Å². The number of piperidine rings is 1. The van der Waals surface area contributed by atoms with Crippen LogP contribution >= 0.6 is 0 Å². The maximum atomic E-state index is 13.1. The fourth-order valence-corrected chi connectivity index (χ4v) is 5.09. The van der Waals surface area contributed by atoms with Crippen LogP contribution in [0, 0.1) is 18.8 Å². The Kier molecular flexibility index (Phi) is 5.72. The summed E-state index contributed by atoms with van der Waals surface area (Å²) in [6.07, 6.45) is 6.01. The van der Waals surface area contributed by atoms with Gasteiger partial charge in [0.25, 0.3) is 5.91 Å². The topological polar surface area (TPSA) is 98.7 Å². The molecule has 3 fully saturated rings. The second kappa shape index (κ2) is 8.26. The predicted octanol–water partition coefficient (Wildman–Crippen LogP) is 1.12. The highest BCUT2D eigenvalue weighted by molar-refractivity contribution is 5.95. The summed E-state index contributed by atoms with van der Waals surface area (Å²) >= 11 is 0. The molecule has 3 heterocycles. The smallest absolute Gasteiger partial charge is 0.257 e. The minimum absolute atomic E-state index is 0.0346. The first-order valence-electron chi connectivity index (χ1n) is 10.8. The van der Waals surface area contributed by atoms with E-state index in [0.29, 0.717) is 37.4 Å². The quantitative estimate of drug-likeness (QED) is 0.788. The molecule has 29 heavy (non-hydrogen) atoms. The Balaban J connectivity index is 1.43. The largest absolute Gasteiger partial charge is 0.391 e. The third kappa shape index (κ3) is 4.22. The van der Waals surface area contributed by atoms with E-state index in [9.17, 15) is 14.7 Å². The summed E-state index contributed by atoms with van der Waals surface area (Å²) in [6, 6.07) is -0.224. The number of anilines is 1. The van der Waals surface area contributed by atoms with Gasteiger partial charge in [0, 0.05) is 39.3 Å². The second-order valence-electron chi connectivity index (χ2n) is 8.79. The molecule has 8 heteroatoms. The summed E-state index contributed by atoms with van der Waals surface area (Å²) < 4.78 is 0. The molecule has 0 bridgehead atoms. The highest BCUT2D eigenvalue weighted by atomic mass is 16.3. The van der Waals surface area contributed by atoms with Crippen LogP contribution in [-0.4, -0.2) is 70.1 Å². The molecule has 0 unspecified atom stereocenters. The van der Waals surface area contributed by atoms with Crippen LogP contribution in [0.5, 0.6) is 0 Å². The molecule has 0 radical (unpaired) electrons. The number of rotatable bonds is 3. The van der Waals surface area contributed by atoms with Gasteiger partial charge in [0.15, 0.2) is 0 Å². The highest BCUT2D eigenvalue weighted by Crippen LogP contribution is 2.37. The molecule has 1 aliphatic carbocycles. The number of aromatic nitrogens is 2. The molecular weight excluding hydrogens is 370 g/mol. The molecule has 2 amide bonds. The molecule has 158 valence electrons. The van der Waals surface area contributed by atoms with Crippen molar-refractivity contribution < 1.29 is 14.7 Å². The molecule has 0 spiro atoms. The van der Waals surface area contributed by atoms with E-state index in [1.54, 1.807) is 6.20 Å². The predicted molar refractivity (Wildman–Crippen MR) is 109 cm³/mol. The molecule has 8 nitrogen and oxygen atoms in total. The number of aliphatic hydroxyl groups is 1. The zero-order chi connectivity index (χ0) is 20.5. The molecule has 2 saturated heterocycles. The van der Waals surface area contributed by atoms with Crippen LogP contribution in [-0.2, 0) is 4.79 Å². The first-order valence-corrected chi connectivity index (χ1v) is 10.8. The Morgan fingerprint density at radius 3 is 2.48 bits per heavy atom. The van der Waals surface area contributed by atoms with Crippen molar-refractivity contribution in [3.05, 3.63) is 17.5 Å². The maximum absolute atomic E-state index is 13.1. The Labute approximate surface area is 171 Å². The van der Waals surface area contributed by atoms with Crippen molar-refractivity contribution in [1.29, 1.82) is 0 Å². The summed E-state index contributed by atoms with van der Waals surface area (Å²) in [5.74, 6) is 1.13. The lowest BCUT2D eigenvalue weighted by Gasteiger charge is -2.35. The van der Waals surface area contributed by atoms with Crippen molar-refractivity contribution in [2.45, 2.75) is 58.1 Å². The van der Waals surface area contributed by atoms with E-state index in [-0.39, 0.29) is 23.8 Å². The summed E-state index contributed by atoms with van der Waals surface area (Å²) in [7, 11) is 0. The number of amides is 2. The van der Waals surface area contributed by atoms with E-state index in [1.807, 2.05) is 11.8 Å². The van der Waals surface area contributed by atoms with Crippen molar-refractivity contribution in [2.24, 2.45) is 11.8 Å². The second-order valence-corrected chi connectivity index (χ2v) is 8.79. The van der Waals surface area contributed by atoms with Gasteiger partial charge in [-0.1, -0.05) is 0 Å². The third-order valence-corrected chi connectivity index (χ3v) is 6.65. The first-order chi connectivity index (χ1) is 13.9. The monoisotopic (exact) mass is 401 g/mol. The molecule has 2 aliphatic heterocycles. The number of nitrogens with zero attached hydrogens (tertiary/aromatic N) is 4. The summed E-state index contributed by atoms with van der Waals surface area (Å²) in [4.78, 5) is 37.7. The maximum Gasteiger partial charge on any atom is 0.257 e. The summed E-state index contributed by atoms with van der Waals surface area (Å²) in [5.41, 5.74) is 1.28. The number of aliphatic hydroxyl groups excluding tert-OH is 1. The van der Waals surface area contributed by atoms with Gasteiger partial charge in [0.1, 0.15) is 0 Å². The molecule has 1 saturated carbocycles. The average Bonchev–Trinajstić information content (AvgIpc) is 3.10. The van der Waals surface area contributed by atoms with Crippen molar-refractivity contribution >= 4 is 17.8 Å². The van der Waals surface area contributed by atoms with Gasteiger partial charge in [-0.15, -0.1) is 0 Å². The number of carbonyl (C=O) groups is 2. The van der Waals surface area contributed by atoms with Gasteiger partial charge in [-0.05, 0) is 50.9 Å². The van der Waals surface area contributed by atoms with Gasteiger partial charge >= 0.3 is 0 Å². The number of aryl methyl sites for hydroxylation is 1.